The van der Waals surface area contributed by atoms with Crippen LogP contribution >= 0.6 is 0 Å². The lowest BCUT2D eigenvalue weighted by atomic mass is 9.68. The molecular weight excluding hydrogens is 416 g/mol. The average Bonchev–Trinajstić information content (AvgIpc) is 3.19. The van der Waals surface area contributed by atoms with Gasteiger partial charge in [0.2, 0.25) is 15.9 Å². The van der Waals surface area contributed by atoms with E-state index in [4.69, 9.17) is 15.3 Å². The zero-order valence-corrected chi connectivity index (χ0v) is 17.9. The zero-order valence-electron chi connectivity index (χ0n) is 17.1. The molecule has 0 fully saturated rings. The van der Waals surface area contributed by atoms with Crippen molar-refractivity contribution in [2.45, 2.75) is 37.5 Å². The molecule has 0 amide bonds. The molecule has 0 bridgehead atoms. The molecule has 1 aromatic heterocycles. The number of anilines is 1. The number of nitrogens with zero attached hydrogens (tertiary/aromatic N) is 2. The molecule has 9 heteroatoms. The number of primary sulfonamides is 1. The molecule has 0 saturated carbocycles. The van der Waals surface area contributed by atoms with Gasteiger partial charge in [-0.3, -0.25) is 9.69 Å². The maximum Gasteiger partial charge on any atom is 0.238 e. The Labute approximate surface area is 180 Å². The van der Waals surface area contributed by atoms with Crippen LogP contribution in [0.15, 0.2) is 74.6 Å². The van der Waals surface area contributed by atoms with Gasteiger partial charge in [0.15, 0.2) is 5.78 Å². The number of allylic oxidation sites excluding steroid dienone is 3. The molecule has 0 radical (unpaired) electrons. The van der Waals surface area contributed by atoms with Crippen LogP contribution in [0.25, 0.3) is 0 Å². The Bertz CT molecular complexity index is 1260. The fourth-order valence-electron chi connectivity index (χ4n) is 4.34. The number of Topliss-reactive ketones (excluding diaryl/α,β-unsaturated/α-hetero) is 1. The first kappa shape index (κ1) is 20.9. The monoisotopic (exact) mass is 438 g/mol. The van der Waals surface area contributed by atoms with Crippen molar-refractivity contribution in [1.82, 2.24) is 0 Å². The van der Waals surface area contributed by atoms with Gasteiger partial charge in [-0.25, -0.2) is 13.6 Å². The summed E-state index contributed by atoms with van der Waals surface area (Å²) in [5, 5.41) is 15.2. The first-order chi connectivity index (χ1) is 14.5. The van der Waals surface area contributed by atoms with Crippen LogP contribution in [0.1, 0.15) is 38.2 Å². The average molecular weight is 439 g/mol. The predicted octanol–water partition coefficient (Wildman–Crippen LogP) is 2.87. The molecular formula is C22H22N4O4S. The molecule has 2 heterocycles. The van der Waals surface area contributed by atoms with E-state index in [0.717, 1.165) is 0 Å². The number of rotatable bonds is 3. The van der Waals surface area contributed by atoms with Crippen molar-refractivity contribution in [2.75, 3.05) is 4.90 Å². The van der Waals surface area contributed by atoms with Gasteiger partial charge < -0.3 is 10.2 Å². The van der Waals surface area contributed by atoms with E-state index in [0.29, 0.717) is 35.6 Å². The largest absolute Gasteiger partial charge is 0.448 e. The van der Waals surface area contributed by atoms with Crippen molar-refractivity contribution < 1.29 is 17.6 Å². The van der Waals surface area contributed by atoms with E-state index in [2.05, 4.69) is 6.07 Å². The molecule has 2 aromatic rings. The smallest absolute Gasteiger partial charge is 0.238 e. The van der Waals surface area contributed by atoms with Gasteiger partial charge in [0, 0.05) is 23.8 Å². The molecule has 1 aromatic carbocycles. The minimum atomic E-state index is -3.87. The number of benzene rings is 1. The second kappa shape index (κ2) is 7.11. The Hall–Kier alpha value is -3.35. The molecule has 4 rings (SSSR count). The number of carbonyl (C=O) groups excluding carboxylic acids is 1. The molecule has 160 valence electrons. The first-order valence-electron chi connectivity index (χ1n) is 9.66. The van der Waals surface area contributed by atoms with Crippen molar-refractivity contribution >= 4 is 21.7 Å². The number of furan rings is 1. The van der Waals surface area contributed by atoms with Gasteiger partial charge >= 0.3 is 0 Å². The highest BCUT2D eigenvalue weighted by Gasteiger charge is 2.45. The summed E-state index contributed by atoms with van der Waals surface area (Å²) >= 11 is 0. The normalized spacial score (nSPS) is 21.2. The van der Waals surface area contributed by atoms with Gasteiger partial charge in [-0.2, -0.15) is 5.26 Å². The van der Waals surface area contributed by atoms with E-state index in [1.54, 1.807) is 29.2 Å². The van der Waals surface area contributed by atoms with E-state index >= 15 is 0 Å². The van der Waals surface area contributed by atoms with Gasteiger partial charge in [-0.1, -0.05) is 26.0 Å². The molecule has 0 saturated heterocycles. The van der Waals surface area contributed by atoms with E-state index < -0.39 is 15.9 Å². The Balaban J connectivity index is 1.95. The maximum atomic E-state index is 13.3. The van der Waals surface area contributed by atoms with Gasteiger partial charge in [-0.15, -0.1) is 0 Å². The molecule has 8 nitrogen and oxygen atoms in total. The highest BCUT2D eigenvalue weighted by molar-refractivity contribution is 7.89. The van der Waals surface area contributed by atoms with E-state index in [9.17, 15) is 18.5 Å². The lowest BCUT2D eigenvalue weighted by Crippen LogP contribution is -2.42. The molecule has 31 heavy (non-hydrogen) atoms. The Morgan fingerprint density at radius 2 is 1.87 bits per heavy atom. The third-order valence-electron chi connectivity index (χ3n) is 5.65. The number of hydrogen-bond donors (Lipinski definition) is 2. The van der Waals surface area contributed by atoms with Gasteiger partial charge in [0.1, 0.15) is 5.82 Å². The molecule has 0 spiro atoms. The summed E-state index contributed by atoms with van der Waals surface area (Å²) in [6.45, 7) is 4.01. The third-order valence-corrected chi connectivity index (χ3v) is 6.58. The van der Waals surface area contributed by atoms with Crippen LogP contribution in [-0.4, -0.2) is 14.2 Å². The number of hydrogen-bond acceptors (Lipinski definition) is 7. The first-order valence-corrected chi connectivity index (χ1v) is 11.2. The maximum absolute atomic E-state index is 13.3. The van der Waals surface area contributed by atoms with Gasteiger partial charge in [-0.05, 0) is 35.6 Å². The van der Waals surface area contributed by atoms with Crippen molar-refractivity contribution in [3.63, 3.8) is 0 Å². The molecule has 0 unspecified atom stereocenters. The Morgan fingerprint density at radius 1 is 1.19 bits per heavy atom. The molecule has 2 aliphatic rings. The zero-order chi connectivity index (χ0) is 22.6. The quantitative estimate of drug-likeness (QED) is 0.750. The summed E-state index contributed by atoms with van der Waals surface area (Å²) in [7, 11) is -3.87. The highest BCUT2D eigenvalue weighted by atomic mass is 32.2. The predicted molar refractivity (Wildman–Crippen MR) is 114 cm³/mol. The summed E-state index contributed by atoms with van der Waals surface area (Å²) in [6.07, 6.45) is 2.38. The lowest BCUT2D eigenvalue weighted by molar-refractivity contribution is -0.118. The Kier molecular flexibility index (Phi) is 4.80. The summed E-state index contributed by atoms with van der Waals surface area (Å²) < 4.78 is 28.8. The topological polar surface area (TPSA) is 143 Å². The van der Waals surface area contributed by atoms with Crippen molar-refractivity contribution in [3.8, 4) is 6.07 Å². The second-order valence-corrected chi connectivity index (χ2v) is 10.1. The van der Waals surface area contributed by atoms with Crippen molar-refractivity contribution in [3.05, 3.63) is 70.9 Å². The number of nitrogens with two attached hydrogens (primary N) is 2. The van der Waals surface area contributed by atoms with Crippen LogP contribution in [0.3, 0.4) is 0 Å². The molecule has 1 atom stereocenters. The van der Waals surface area contributed by atoms with E-state index in [1.165, 1.54) is 18.4 Å². The number of nitriles is 1. The van der Waals surface area contributed by atoms with Crippen molar-refractivity contribution in [2.24, 2.45) is 16.3 Å². The standard InChI is InChI=1S/C22H22N4O4S/c1-22(2)10-16-20(17(27)11-22)19(13-5-7-14(8-6-13)31(25,28)29)15(12-23)21(24)26(16)18-4-3-9-30-18/h3-9,19H,10-11,24H2,1-2H3,(H2,25,28,29)/t19-/m0/s1. The van der Waals surface area contributed by atoms with Crippen LogP contribution in [-0.2, 0) is 14.8 Å². The van der Waals surface area contributed by atoms with Gasteiger partial charge in [0.25, 0.3) is 0 Å². The number of ketones is 1. The fraction of sp³-hybridized carbons (Fsp3) is 0.273. The van der Waals surface area contributed by atoms with Crippen LogP contribution in [0.2, 0.25) is 0 Å². The lowest BCUT2D eigenvalue weighted by Gasteiger charge is -2.42. The number of carbonyl (C=O) groups is 1. The SMILES string of the molecule is CC1(C)CC(=O)C2=C(C1)N(c1ccco1)C(N)=C(C#N)[C@@H]2c1ccc(S(N)(=O)=O)cc1. The summed E-state index contributed by atoms with van der Waals surface area (Å²) in [5.74, 6) is -0.179. The van der Waals surface area contributed by atoms with Gasteiger partial charge in [0.05, 0.1) is 28.7 Å². The summed E-state index contributed by atoms with van der Waals surface area (Å²) in [4.78, 5) is 14.9. The van der Waals surface area contributed by atoms with E-state index in [1.807, 2.05) is 13.8 Å². The summed E-state index contributed by atoms with van der Waals surface area (Å²) in [6, 6.07) is 11.5. The van der Waals surface area contributed by atoms with Crippen molar-refractivity contribution in [1.29, 1.82) is 5.26 Å². The van der Waals surface area contributed by atoms with E-state index in [-0.39, 0.29) is 27.5 Å². The second-order valence-electron chi connectivity index (χ2n) is 8.55. The van der Waals surface area contributed by atoms with Crippen LogP contribution in [0, 0.1) is 16.7 Å². The third kappa shape index (κ3) is 3.54. The van der Waals surface area contributed by atoms with Crippen LogP contribution < -0.4 is 15.8 Å². The minimum Gasteiger partial charge on any atom is -0.448 e. The van der Waals surface area contributed by atoms with Crippen LogP contribution in [0.5, 0.6) is 0 Å². The fourth-order valence-corrected chi connectivity index (χ4v) is 4.86. The highest BCUT2D eigenvalue weighted by Crippen LogP contribution is 2.50. The summed E-state index contributed by atoms with van der Waals surface area (Å²) in [5.41, 5.74) is 8.11. The minimum absolute atomic E-state index is 0.0509. The van der Waals surface area contributed by atoms with Crippen LogP contribution in [0.4, 0.5) is 5.88 Å². The Morgan fingerprint density at radius 3 is 2.42 bits per heavy atom. The molecule has 1 aliphatic heterocycles. The molecule has 4 N–H and O–H groups in total. The number of sulfonamides is 1. The molecule has 1 aliphatic carbocycles.